The van der Waals surface area contributed by atoms with Crippen LogP contribution in [-0.4, -0.2) is 35.6 Å². The number of urea groups is 1. The SMILES string of the molecule is CN(Cc1ccc(Cl)cc1)C(=O)NCCCCCC(=O)O. The summed E-state index contributed by atoms with van der Waals surface area (Å²) in [6.45, 7) is 1.07. The average Bonchev–Trinajstić information content (AvgIpc) is 2.44. The summed E-state index contributed by atoms with van der Waals surface area (Å²) in [4.78, 5) is 23.8. The number of amides is 2. The molecule has 0 fully saturated rings. The molecule has 1 aromatic rings. The van der Waals surface area contributed by atoms with Crippen LogP contribution in [0.2, 0.25) is 5.02 Å². The molecule has 0 aliphatic rings. The number of aliphatic carboxylic acids is 1. The molecular formula is C15H21ClN2O3. The maximum Gasteiger partial charge on any atom is 0.317 e. The van der Waals surface area contributed by atoms with Crippen molar-refractivity contribution >= 4 is 23.6 Å². The maximum absolute atomic E-state index is 11.8. The molecule has 116 valence electrons. The molecule has 0 saturated carbocycles. The van der Waals surface area contributed by atoms with Crippen molar-refractivity contribution in [2.75, 3.05) is 13.6 Å². The summed E-state index contributed by atoms with van der Waals surface area (Å²) in [5.74, 6) is -0.776. The number of carbonyl (C=O) groups is 2. The molecule has 0 heterocycles. The van der Waals surface area contributed by atoms with E-state index in [2.05, 4.69) is 5.32 Å². The molecule has 1 rings (SSSR count). The molecule has 0 saturated heterocycles. The molecule has 0 spiro atoms. The highest BCUT2D eigenvalue weighted by Gasteiger charge is 2.08. The zero-order valence-electron chi connectivity index (χ0n) is 12.1. The molecule has 0 unspecified atom stereocenters. The Balaban J connectivity index is 2.19. The second-order valence-electron chi connectivity index (χ2n) is 4.92. The van der Waals surface area contributed by atoms with Crippen LogP contribution in [-0.2, 0) is 11.3 Å². The van der Waals surface area contributed by atoms with Gasteiger partial charge in [0, 0.05) is 31.6 Å². The van der Waals surface area contributed by atoms with Gasteiger partial charge in [0.15, 0.2) is 0 Å². The van der Waals surface area contributed by atoms with Gasteiger partial charge in [-0.1, -0.05) is 30.2 Å². The highest BCUT2D eigenvalue weighted by atomic mass is 35.5. The number of nitrogens with zero attached hydrogens (tertiary/aromatic N) is 1. The van der Waals surface area contributed by atoms with Crippen LogP contribution in [0.5, 0.6) is 0 Å². The summed E-state index contributed by atoms with van der Waals surface area (Å²) in [6.07, 6.45) is 2.41. The van der Waals surface area contributed by atoms with Crippen molar-refractivity contribution in [2.45, 2.75) is 32.2 Å². The van der Waals surface area contributed by atoms with Crippen molar-refractivity contribution in [1.29, 1.82) is 0 Å². The van der Waals surface area contributed by atoms with Crippen molar-refractivity contribution in [3.05, 3.63) is 34.9 Å². The van der Waals surface area contributed by atoms with Gasteiger partial charge in [0.25, 0.3) is 0 Å². The largest absolute Gasteiger partial charge is 0.481 e. The number of rotatable bonds is 8. The standard InChI is InChI=1S/C15H21ClN2O3/c1-18(11-12-6-8-13(16)9-7-12)15(21)17-10-4-2-3-5-14(19)20/h6-9H,2-5,10-11H2,1H3,(H,17,21)(H,19,20). The molecule has 0 bridgehead atoms. The number of carboxylic acid groups (broad SMARTS) is 1. The molecule has 0 radical (unpaired) electrons. The third kappa shape index (κ3) is 7.56. The highest BCUT2D eigenvalue weighted by Crippen LogP contribution is 2.10. The Hall–Kier alpha value is -1.75. The minimum absolute atomic E-state index is 0.136. The number of nitrogens with one attached hydrogen (secondary N) is 1. The van der Waals surface area contributed by atoms with Crippen LogP contribution in [0.3, 0.4) is 0 Å². The van der Waals surface area contributed by atoms with E-state index in [4.69, 9.17) is 16.7 Å². The van der Waals surface area contributed by atoms with Gasteiger partial charge < -0.3 is 15.3 Å². The summed E-state index contributed by atoms with van der Waals surface area (Å²) in [7, 11) is 1.73. The lowest BCUT2D eigenvalue weighted by Gasteiger charge is -2.18. The van der Waals surface area contributed by atoms with E-state index in [1.807, 2.05) is 12.1 Å². The van der Waals surface area contributed by atoms with E-state index < -0.39 is 5.97 Å². The molecular weight excluding hydrogens is 292 g/mol. The second kappa shape index (κ2) is 9.23. The fourth-order valence-electron chi connectivity index (χ4n) is 1.84. The Morgan fingerprint density at radius 2 is 1.86 bits per heavy atom. The van der Waals surface area contributed by atoms with Crippen molar-refractivity contribution < 1.29 is 14.7 Å². The van der Waals surface area contributed by atoms with E-state index in [0.29, 0.717) is 24.5 Å². The van der Waals surface area contributed by atoms with E-state index in [-0.39, 0.29) is 12.5 Å². The lowest BCUT2D eigenvalue weighted by molar-refractivity contribution is -0.137. The minimum atomic E-state index is -0.776. The van der Waals surface area contributed by atoms with Crippen molar-refractivity contribution in [2.24, 2.45) is 0 Å². The first kappa shape index (κ1) is 17.3. The first-order chi connectivity index (χ1) is 9.99. The maximum atomic E-state index is 11.8. The van der Waals surface area contributed by atoms with Gasteiger partial charge in [-0.2, -0.15) is 0 Å². The minimum Gasteiger partial charge on any atom is -0.481 e. The first-order valence-corrected chi connectivity index (χ1v) is 7.32. The van der Waals surface area contributed by atoms with E-state index in [9.17, 15) is 9.59 Å². The third-order valence-corrected chi connectivity index (χ3v) is 3.28. The van der Waals surface area contributed by atoms with Gasteiger partial charge in [-0.05, 0) is 30.5 Å². The highest BCUT2D eigenvalue weighted by molar-refractivity contribution is 6.30. The molecule has 1 aromatic carbocycles. The number of carboxylic acids is 1. The number of hydrogen-bond acceptors (Lipinski definition) is 2. The van der Waals surface area contributed by atoms with E-state index >= 15 is 0 Å². The zero-order valence-corrected chi connectivity index (χ0v) is 12.9. The molecule has 5 nitrogen and oxygen atoms in total. The van der Waals surface area contributed by atoms with Crippen LogP contribution in [0.25, 0.3) is 0 Å². The van der Waals surface area contributed by atoms with E-state index in [1.165, 1.54) is 0 Å². The molecule has 0 aliphatic carbocycles. The summed E-state index contributed by atoms with van der Waals surface area (Å²) < 4.78 is 0. The van der Waals surface area contributed by atoms with Gasteiger partial charge >= 0.3 is 12.0 Å². The fraction of sp³-hybridized carbons (Fsp3) is 0.467. The summed E-state index contributed by atoms with van der Waals surface area (Å²) >= 11 is 5.81. The molecule has 0 aromatic heterocycles. The quantitative estimate of drug-likeness (QED) is 0.725. The molecule has 6 heteroatoms. The fourth-order valence-corrected chi connectivity index (χ4v) is 1.97. The molecule has 0 atom stereocenters. The molecule has 0 aliphatic heterocycles. The molecule has 2 N–H and O–H groups in total. The van der Waals surface area contributed by atoms with Crippen molar-refractivity contribution in [3.8, 4) is 0 Å². The number of halogens is 1. The van der Waals surface area contributed by atoms with Crippen molar-refractivity contribution in [3.63, 3.8) is 0 Å². The first-order valence-electron chi connectivity index (χ1n) is 6.94. The van der Waals surface area contributed by atoms with Gasteiger partial charge in [0.2, 0.25) is 0 Å². The van der Waals surface area contributed by atoms with Gasteiger partial charge in [-0.3, -0.25) is 4.79 Å². The monoisotopic (exact) mass is 312 g/mol. The summed E-state index contributed by atoms with van der Waals surface area (Å²) in [6, 6.07) is 7.23. The van der Waals surface area contributed by atoms with Crippen LogP contribution >= 0.6 is 11.6 Å². The summed E-state index contributed by atoms with van der Waals surface area (Å²) in [5, 5.41) is 12.0. The van der Waals surface area contributed by atoms with Gasteiger partial charge in [0.05, 0.1) is 0 Å². The smallest absolute Gasteiger partial charge is 0.317 e. The Morgan fingerprint density at radius 3 is 2.48 bits per heavy atom. The van der Waals surface area contributed by atoms with E-state index in [0.717, 1.165) is 18.4 Å². The van der Waals surface area contributed by atoms with Crippen LogP contribution < -0.4 is 5.32 Å². The zero-order chi connectivity index (χ0) is 15.7. The van der Waals surface area contributed by atoms with Crippen LogP contribution in [0.15, 0.2) is 24.3 Å². The average molecular weight is 313 g/mol. The van der Waals surface area contributed by atoms with E-state index in [1.54, 1.807) is 24.1 Å². The van der Waals surface area contributed by atoms with Crippen LogP contribution in [0.4, 0.5) is 4.79 Å². The Morgan fingerprint density at radius 1 is 1.19 bits per heavy atom. The Bertz CT molecular complexity index is 462. The number of benzene rings is 1. The lowest BCUT2D eigenvalue weighted by atomic mass is 10.2. The number of unbranched alkanes of at least 4 members (excludes halogenated alkanes) is 2. The van der Waals surface area contributed by atoms with Gasteiger partial charge in [0.1, 0.15) is 0 Å². The predicted molar refractivity (Wildman–Crippen MR) is 82.4 cm³/mol. The third-order valence-electron chi connectivity index (χ3n) is 3.02. The number of carbonyl (C=O) groups excluding carboxylic acids is 1. The van der Waals surface area contributed by atoms with Gasteiger partial charge in [-0.15, -0.1) is 0 Å². The molecule has 2 amide bonds. The number of hydrogen-bond donors (Lipinski definition) is 2. The van der Waals surface area contributed by atoms with Crippen molar-refractivity contribution in [1.82, 2.24) is 10.2 Å². The normalized spacial score (nSPS) is 10.2. The Labute approximate surface area is 129 Å². The van der Waals surface area contributed by atoms with Crippen LogP contribution in [0.1, 0.15) is 31.2 Å². The van der Waals surface area contributed by atoms with Gasteiger partial charge in [-0.25, -0.2) is 4.79 Å². The molecule has 21 heavy (non-hydrogen) atoms. The van der Waals surface area contributed by atoms with Crippen LogP contribution in [0, 0.1) is 0 Å². The predicted octanol–water partition coefficient (Wildman–Crippen LogP) is 3.13. The Kier molecular flexibility index (Phi) is 7.61. The second-order valence-corrected chi connectivity index (χ2v) is 5.36. The topological polar surface area (TPSA) is 69.6 Å². The lowest BCUT2D eigenvalue weighted by Crippen LogP contribution is -2.37. The summed E-state index contributed by atoms with van der Waals surface area (Å²) in [5.41, 5.74) is 1.01.